The quantitative estimate of drug-likeness (QED) is 0.168. The molecule has 3 aromatic rings. The fourth-order valence-corrected chi connectivity index (χ4v) is 4.26. The lowest BCUT2D eigenvalue weighted by Gasteiger charge is -2.34. The number of nitrogens with two attached hydrogens (primary N) is 1. The largest absolute Gasteiger partial charge is 0.465 e. The van der Waals surface area contributed by atoms with E-state index in [1.54, 1.807) is 30.9 Å². The number of hydrogen-bond donors (Lipinski definition) is 4. The third kappa shape index (κ3) is 6.08. The van der Waals surface area contributed by atoms with Crippen LogP contribution in [0.4, 0.5) is 5.69 Å². The van der Waals surface area contributed by atoms with Gasteiger partial charge in [0.15, 0.2) is 0 Å². The van der Waals surface area contributed by atoms with Gasteiger partial charge in [-0.05, 0) is 69.7 Å². The van der Waals surface area contributed by atoms with Gasteiger partial charge in [0.25, 0.3) is 0 Å². The number of ether oxygens (including phenoxy) is 1. The number of carbonyl (C=O) groups excluding carboxylic acids is 2. The van der Waals surface area contributed by atoms with E-state index in [1.807, 2.05) is 55.8 Å². The summed E-state index contributed by atoms with van der Waals surface area (Å²) in [5, 5.41) is 14.0. The molecule has 198 valence electrons. The molecule has 10 heteroatoms. The molecule has 1 amide bonds. The Hall–Kier alpha value is -3.92. The monoisotopic (exact) mass is 507 g/mol. The second-order valence-electron chi connectivity index (χ2n) is 8.90. The van der Waals surface area contributed by atoms with E-state index in [2.05, 4.69) is 10.6 Å². The first kappa shape index (κ1) is 27.7. The molecule has 1 aromatic heterocycles. The molecular formula is C27H37N7O3. The third-order valence-electron chi connectivity index (χ3n) is 6.57. The lowest BCUT2D eigenvalue weighted by Crippen LogP contribution is -2.55. The molecule has 1 unspecified atom stereocenters. The van der Waals surface area contributed by atoms with E-state index in [0.29, 0.717) is 25.2 Å². The van der Waals surface area contributed by atoms with Crippen LogP contribution in [0.2, 0.25) is 0 Å². The number of nitrogens with zero attached hydrogens (tertiary/aromatic N) is 3. The van der Waals surface area contributed by atoms with Crippen molar-refractivity contribution in [1.82, 2.24) is 19.8 Å². The predicted molar refractivity (Wildman–Crippen MR) is 145 cm³/mol. The number of fused-ring (bicyclic) bond motifs is 1. The fourth-order valence-electron chi connectivity index (χ4n) is 4.26. The predicted octanol–water partition coefficient (Wildman–Crippen LogP) is 2.71. The van der Waals surface area contributed by atoms with Crippen LogP contribution in [0.5, 0.6) is 0 Å². The molecule has 0 spiro atoms. The van der Waals surface area contributed by atoms with Gasteiger partial charge in [-0.3, -0.25) is 20.3 Å². The van der Waals surface area contributed by atoms with Crippen LogP contribution in [0, 0.1) is 5.41 Å². The number of imidazole rings is 1. The molecular weight excluding hydrogens is 470 g/mol. The molecule has 0 radical (unpaired) electrons. The third-order valence-corrected chi connectivity index (χ3v) is 6.57. The zero-order chi connectivity index (χ0) is 27.2. The van der Waals surface area contributed by atoms with Gasteiger partial charge < -0.3 is 25.3 Å². The Labute approximate surface area is 217 Å². The standard InChI is InChI=1S/C27H37N7O3/c1-6-34(7-2)26(36)27(4,31-17-24(35)37-8-3)19-11-14-22-21(15-19)32-23(33(22)5)16-30-20-12-9-18(10-13-20)25(28)29/h9-15,30-31H,6-8,16-17H2,1-5H3,(H3,28,29). The van der Waals surface area contributed by atoms with Gasteiger partial charge in [-0.25, -0.2) is 4.98 Å². The van der Waals surface area contributed by atoms with E-state index in [4.69, 9.17) is 20.9 Å². The average Bonchev–Trinajstić information content (AvgIpc) is 3.21. The molecule has 1 atom stereocenters. The van der Waals surface area contributed by atoms with Crippen LogP contribution in [0.15, 0.2) is 42.5 Å². The van der Waals surface area contributed by atoms with Crippen LogP contribution < -0.4 is 16.4 Å². The fraction of sp³-hybridized carbons (Fsp3) is 0.407. The minimum absolute atomic E-state index is 0.0286. The molecule has 0 bridgehead atoms. The number of likely N-dealkylation sites (N-methyl/N-ethyl adjacent to an activating group) is 1. The average molecular weight is 508 g/mol. The number of anilines is 1. The molecule has 37 heavy (non-hydrogen) atoms. The number of benzene rings is 2. The number of esters is 1. The Kier molecular flexibility index (Phi) is 8.88. The molecule has 0 aliphatic heterocycles. The summed E-state index contributed by atoms with van der Waals surface area (Å²) in [5.74, 6) is 0.317. The van der Waals surface area contributed by atoms with Crippen LogP contribution in [0.3, 0.4) is 0 Å². The number of carbonyl (C=O) groups is 2. The van der Waals surface area contributed by atoms with Gasteiger partial charge in [0.05, 0.1) is 30.7 Å². The Morgan fingerprint density at radius 2 is 1.81 bits per heavy atom. The molecule has 3 rings (SSSR count). The second kappa shape index (κ2) is 11.9. The number of rotatable bonds is 12. The number of nitrogen functional groups attached to an aromatic ring is 1. The minimum atomic E-state index is -1.14. The van der Waals surface area contributed by atoms with Gasteiger partial charge in [-0.15, -0.1) is 0 Å². The van der Waals surface area contributed by atoms with Crippen LogP contribution in [-0.4, -0.2) is 58.4 Å². The zero-order valence-corrected chi connectivity index (χ0v) is 22.2. The van der Waals surface area contributed by atoms with Crippen molar-refractivity contribution < 1.29 is 14.3 Å². The van der Waals surface area contributed by atoms with Crippen molar-refractivity contribution in [2.45, 2.75) is 39.8 Å². The highest BCUT2D eigenvalue weighted by Crippen LogP contribution is 2.28. The Bertz CT molecular complexity index is 1260. The van der Waals surface area contributed by atoms with Crippen molar-refractivity contribution >= 4 is 34.4 Å². The van der Waals surface area contributed by atoms with Crippen LogP contribution in [0.1, 0.15) is 44.6 Å². The Morgan fingerprint density at radius 1 is 1.14 bits per heavy atom. The summed E-state index contributed by atoms with van der Waals surface area (Å²) in [5.41, 5.74) is 8.34. The van der Waals surface area contributed by atoms with E-state index >= 15 is 0 Å². The highest BCUT2D eigenvalue weighted by Gasteiger charge is 2.38. The van der Waals surface area contributed by atoms with Crippen molar-refractivity contribution in [3.8, 4) is 0 Å². The smallest absolute Gasteiger partial charge is 0.319 e. The second-order valence-corrected chi connectivity index (χ2v) is 8.90. The maximum atomic E-state index is 13.6. The van der Waals surface area contributed by atoms with Crippen molar-refractivity contribution in [3.63, 3.8) is 0 Å². The highest BCUT2D eigenvalue weighted by molar-refractivity contribution is 5.95. The summed E-state index contributed by atoms with van der Waals surface area (Å²) in [7, 11) is 1.95. The number of amides is 1. The number of aryl methyl sites for hydroxylation is 1. The van der Waals surface area contributed by atoms with Crippen molar-refractivity contribution in [3.05, 3.63) is 59.4 Å². The molecule has 0 aliphatic rings. The van der Waals surface area contributed by atoms with E-state index < -0.39 is 11.5 Å². The maximum absolute atomic E-state index is 13.6. The SMILES string of the molecule is CCOC(=O)CNC(C)(C(=O)N(CC)CC)c1ccc2c(c1)nc(CNc1ccc(C(=N)N)cc1)n2C. The normalized spacial score (nSPS) is 12.7. The van der Waals surface area contributed by atoms with Gasteiger partial charge >= 0.3 is 5.97 Å². The summed E-state index contributed by atoms with van der Waals surface area (Å²) >= 11 is 0. The molecule has 0 saturated carbocycles. The molecule has 0 saturated heterocycles. The summed E-state index contributed by atoms with van der Waals surface area (Å²) in [6.07, 6.45) is 0. The lowest BCUT2D eigenvalue weighted by atomic mass is 9.89. The molecule has 1 heterocycles. The van der Waals surface area contributed by atoms with Gasteiger partial charge in [0, 0.05) is 31.4 Å². The van der Waals surface area contributed by atoms with Crippen LogP contribution >= 0.6 is 0 Å². The molecule has 5 N–H and O–H groups in total. The van der Waals surface area contributed by atoms with E-state index in [0.717, 1.165) is 28.1 Å². The maximum Gasteiger partial charge on any atom is 0.319 e. The van der Waals surface area contributed by atoms with E-state index in [1.165, 1.54) is 0 Å². The first-order valence-electron chi connectivity index (χ1n) is 12.5. The lowest BCUT2D eigenvalue weighted by molar-refractivity contribution is -0.143. The van der Waals surface area contributed by atoms with Crippen molar-refractivity contribution in [2.75, 3.05) is 31.6 Å². The summed E-state index contributed by atoms with van der Waals surface area (Å²) in [6.45, 7) is 9.20. The van der Waals surface area contributed by atoms with Gasteiger partial charge in [0.1, 0.15) is 17.2 Å². The summed E-state index contributed by atoms with van der Waals surface area (Å²) in [6, 6.07) is 13.1. The van der Waals surface area contributed by atoms with Crippen LogP contribution in [0.25, 0.3) is 11.0 Å². The van der Waals surface area contributed by atoms with Gasteiger partial charge in [-0.1, -0.05) is 6.07 Å². The number of nitrogens with one attached hydrogen (secondary N) is 3. The molecule has 0 fully saturated rings. The zero-order valence-electron chi connectivity index (χ0n) is 22.2. The summed E-state index contributed by atoms with van der Waals surface area (Å²) in [4.78, 5) is 32.3. The number of hydrogen-bond acceptors (Lipinski definition) is 7. The number of aromatic nitrogens is 2. The first-order valence-corrected chi connectivity index (χ1v) is 12.5. The van der Waals surface area contributed by atoms with E-state index in [9.17, 15) is 9.59 Å². The number of amidine groups is 1. The Balaban J connectivity index is 1.90. The van der Waals surface area contributed by atoms with Gasteiger partial charge in [0.2, 0.25) is 5.91 Å². The summed E-state index contributed by atoms with van der Waals surface area (Å²) < 4.78 is 7.08. The van der Waals surface area contributed by atoms with E-state index in [-0.39, 0.29) is 24.9 Å². The Morgan fingerprint density at radius 3 is 2.41 bits per heavy atom. The van der Waals surface area contributed by atoms with Crippen molar-refractivity contribution in [1.29, 1.82) is 5.41 Å². The van der Waals surface area contributed by atoms with Crippen molar-refractivity contribution in [2.24, 2.45) is 12.8 Å². The minimum Gasteiger partial charge on any atom is -0.465 e. The molecule has 10 nitrogen and oxygen atoms in total. The molecule has 0 aliphatic carbocycles. The van der Waals surface area contributed by atoms with Gasteiger partial charge in [-0.2, -0.15) is 0 Å². The highest BCUT2D eigenvalue weighted by atomic mass is 16.5. The van der Waals surface area contributed by atoms with Crippen LogP contribution in [-0.2, 0) is 33.5 Å². The molecule has 2 aromatic carbocycles. The first-order chi connectivity index (χ1) is 17.6. The topological polar surface area (TPSA) is 138 Å².